The lowest BCUT2D eigenvalue weighted by Crippen LogP contribution is -2.15. The van der Waals surface area contributed by atoms with E-state index < -0.39 is 10.0 Å². The predicted molar refractivity (Wildman–Crippen MR) is 139 cm³/mol. The number of benzene rings is 3. The fourth-order valence-electron chi connectivity index (χ4n) is 4.70. The number of anilines is 1. The summed E-state index contributed by atoms with van der Waals surface area (Å²) in [5.74, 6) is 0.0510. The maximum Gasteiger partial charge on any atom is 0.264 e. The molecule has 0 radical (unpaired) electrons. The molecule has 6 heteroatoms. The molecule has 0 aliphatic carbocycles. The van der Waals surface area contributed by atoms with Crippen LogP contribution in [-0.2, 0) is 10.0 Å². The molecular formula is C28H29N3O2S. The fraction of sp³-hybridized carbons (Fsp3) is 0.214. The second kappa shape index (κ2) is 9.03. The molecule has 0 fully saturated rings. The summed E-state index contributed by atoms with van der Waals surface area (Å²) in [4.78, 5) is 9.50. The first-order chi connectivity index (χ1) is 16.0. The predicted octanol–water partition coefficient (Wildman–Crippen LogP) is 6.46. The Kier molecular flexibility index (Phi) is 6.28. The standard InChI is InChI=1S/C28H29N3O2S/c1-17-12-19(3)26(20(4)13-17)24-16-25(27-21(5)14-18(2)15-22(27)6)30-28(29-24)31-34(32,33)23-10-8-7-9-11-23/h7-16H,1-6H3,(H,29,30,31). The van der Waals surface area contributed by atoms with Crippen LogP contribution in [0.4, 0.5) is 5.95 Å². The molecule has 1 aromatic heterocycles. The van der Waals surface area contributed by atoms with Gasteiger partial charge in [0, 0.05) is 11.1 Å². The Hall–Kier alpha value is -3.51. The van der Waals surface area contributed by atoms with Crippen molar-refractivity contribution in [1.29, 1.82) is 0 Å². The van der Waals surface area contributed by atoms with Gasteiger partial charge in [0.05, 0.1) is 16.3 Å². The lowest BCUT2D eigenvalue weighted by atomic mass is 9.94. The third-order valence-corrected chi connectivity index (χ3v) is 7.22. The molecule has 5 nitrogen and oxygen atoms in total. The van der Waals surface area contributed by atoms with Gasteiger partial charge in [-0.05, 0) is 82.0 Å². The van der Waals surface area contributed by atoms with Crippen molar-refractivity contribution >= 4 is 16.0 Å². The summed E-state index contributed by atoms with van der Waals surface area (Å²) in [6.45, 7) is 12.3. The van der Waals surface area contributed by atoms with Crippen LogP contribution < -0.4 is 4.72 Å². The van der Waals surface area contributed by atoms with E-state index in [1.54, 1.807) is 30.3 Å². The number of nitrogens with one attached hydrogen (secondary N) is 1. The molecule has 0 aliphatic heterocycles. The molecule has 0 bridgehead atoms. The molecule has 4 rings (SSSR count). The topological polar surface area (TPSA) is 72.0 Å². The van der Waals surface area contributed by atoms with Gasteiger partial charge in [-0.1, -0.05) is 53.6 Å². The number of aryl methyl sites for hydroxylation is 6. The van der Waals surface area contributed by atoms with Crippen LogP contribution in [0.2, 0.25) is 0 Å². The van der Waals surface area contributed by atoms with Gasteiger partial charge in [0.2, 0.25) is 5.95 Å². The van der Waals surface area contributed by atoms with Gasteiger partial charge in [0.25, 0.3) is 10.0 Å². The van der Waals surface area contributed by atoms with Crippen molar-refractivity contribution in [2.75, 3.05) is 4.72 Å². The summed E-state index contributed by atoms with van der Waals surface area (Å²) in [7, 11) is -3.84. The smallest absolute Gasteiger partial charge is 0.247 e. The Balaban J connectivity index is 1.95. The molecule has 0 atom stereocenters. The Labute approximate surface area is 202 Å². The average Bonchev–Trinajstić information content (AvgIpc) is 2.72. The van der Waals surface area contributed by atoms with Crippen LogP contribution in [0, 0.1) is 41.5 Å². The van der Waals surface area contributed by atoms with Crippen LogP contribution in [0.15, 0.2) is 65.6 Å². The Morgan fingerprint density at radius 1 is 0.618 bits per heavy atom. The molecule has 0 spiro atoms. The Bertz CT molecular complexity index is 1370. The van der Waals surface area contributed by atoms with Gasteiger partial charge in [-0.2, -0.15) is 0 Å². The van der Waals surface area contributed by atoms with Gasteiger partial charge in [0.1, 0.15) is 0 Å². The summed E-state index contributed by atoms with van der Waals surface area (Å²) >= 11 is 0. The lowest BCUT2D eigenvalue weighted by molar-refractivity contribution is 0.601. The van der Waals surface area contributed by atoms with E-state index in [1.165, 1.54) is 11.1 Å². The van der Waals surface area contributed by atoms with Crippen molar-refractivity contribution in [3.05, 3.63) is 94.0 Å². The van der Waals surface area contributed by atoms with Crippen LogP contribution in [0.3, 0.4) is 0 Å². The highest BCUT2D eigenvalue weighted by molar-refractivity contribution is 7.92. The van der Waals surface area contributed by atoms with Crippen molar-refractivity contribution in [2.24, 2.45) is 0 Å². The van der Waals surface area contributed by atoms with E-state index in [-0.39, 0.29) is 10.8 Å². The number of rotatable bonds is 5. The summed E-state index contributed by atoms with van der Waals surface area (Å²) < 4.78 is 28.7. The second-order valence-electron chi connectivity index (χ2n) is 8.93. The average molecular weight is 472 g/mol. The molecule has 34 heavy (non-hydrogen) atoms. The molecule has 4 aromatic rings. The number of nitrogens with zero attached hydrogens (tertiary/aromatic N) is 2. The highest BCUT2D eigenvalue weighted by atomic mass is 32.2. The van der Waals surface area contributed by atoms with Crippen molar-refractivity contribution in [3.63, 3.8) is 0 Å². The summed E-state index contributed by atoms with van der Waals surface area (Å²) in [5, 5.41) is 0. The summed E-state index contributed by atoms with van der Waals surface area (Å²) in [6, 6.07) is 18.7. The first kappa shape index (κ1) is 23.6. The molecule has 0 aliphatic rings. The molecule has 3 aromatic carbocycles. The minimum absolute atomic E-state index is 0.0510. The van der Waals surface area contributed by atoms with Gasteiger partial charge < -0.3 is 0 Å². The van der Waals surface area contributed by atoms with E-state index in [9.17, 15) is 8.42 Å². The van der Waals surface area contributed by atoms with Crippen LogP contribution in [-0.4, -0.2) is 18.4 Å². The zero-order valence-corrected chi connectivity index (χ0v) is 21.2. The van der Waals surface area contributed by atoms with Gasteiger partial charge in [-0.3, -0.25) is 0 Å². The van der Waals surface area contributed by atoms with E-state index in [0.29, 0.717) is 11.4 Å². The quantitative estimate of drug-likeness (QED) is 0.362. The highest BCUT2D eigenvalue weighted by Crippen LogP contribution is 2.33. The summed E-state index contributed by atoms with van der Waals surface area (Å²) in [5.41, 5.74) is 10.00. The molecule has 0 saturated carbocycles. The van der Waals surface area contributed by atoms with E-state index in [4.69, 9.17) is 0 Å². The van der Waals surface area contributed by atoms with E-state index in [1.807, 2.05) is 33.8 Å². The van der Waals surface area contributed by atoms with Crippen LogP contribution in [0.5, 0.6) is 0 Å². The number of aromatic nitrogens is 2. The third-order valence-electron chi connectivity index (χ3n) is 5.87. The molecule has 0 amide bonds. The monoisotopic (exact) mass is 471 g/mol. The number of sulfonamides is 1. The van der Waals surface area contributed by atoms with Crippen LogP contribution >= 0.6 is 0 Å². The minimum Gasteiger partial charge on any atom is -0.247 e. The SMILES string of the molecule is Cc1cc(C)c(-c2cc(-c3c(C)cc(C)cc3C)nc(NS(=O)(=O)c3ccccc3)n2)c(C)c1. The molecule has 1 heterocycles. The molecule has 0 saturated heterocycles. The van der Waals surface area contributed by atoms with Crippen molar-refractivity contribution in [1.82, 2.24) is 9.97 Å². The number of hydrogen-bond donors (Lipinski definition) is 1. The van der Waals surface area contributed by atoms with E-state index in [0.717, 1.165) is 33.4 Å². The van der Waals surface area contributed by atoms with Crippen molar-refractivity contribution < 1.29 is 8.42 Å². The van der Waals surface area contributed by atoms with Crippen molar-refractivity contribution in [2.45, 2.75) is 46.4 Å². The zero-order valence-electron chi connectivity index (χ0n) is 20.4. The van der Waals surface area contributed by atoms with Gasteiger partial charge in [0.15, 0.2) is 0 Å². The summed E-state index contributed by atoms with van der Waals surface area (Å²) in [6.07, 6.45) is 0. The Morgan fingerprint density at radius 3 is 1.44 bits per heavy atom. The minimum atomic E-state index is -3.84. The van der Waals surface area contributed by atoms with Crippen LogP contribution in [0.25, 0.3) is 22.5 Å². The van der Waals surface area contributed by atoms with Crippen molar-refractivity contribution in [3.8, 4) is 22.5 Å². The first-order valence-electron chi connectivity index (χ1n) is 11.2. The molecule has 1 N–H and O–H groups in total. The van der Waals surface area contributed by atoms with E-state index in [2.05, 4.69) is 52.8 Å². The zero-order chi connectivity index (χ0) is 24.6. The second-order valence-corrected chi connectivity index (χ2v) is 10.6. The lowest BCUT2D eigenvalue weighted by Gasteiger charge is -2.16. The normalized spacial score (nSPS) is 11.5. The number of hydrogen-bond acceptors (Lipinski definition) is 4. The highest BCUT2D eigenvalue weighted by Gasteiger charge is 2.20. The maximum absolute atomic E-state index is 13.1. The maximum atomic E-state index is 13.1. The van der Waals surface area contributed by atoms with Gasteiger partial charge >= 0.3 is 0 Å². The molecule has 174 valence electrons. The Morgan fingerprint density at radius 2 is 1.03 bits per heavy atom. The third kappa shape index (κ3) is 4.73. The molecular weight excluding hydrogens is 442 g/mol. The first-order valence-corrected chi connectivity index (χ1v) is 12.7. The van der Waals surface area contributed by atoms with Crippen LogP contribution in [0.1, 0.15) is 33.4 Å². The molecule has 0 unspecified atom stereocenters. The van der Waals surface area contributed by atoms with Gasteiger partial charge in [-0.15, -0.1) is 0 Å². The fourth-order valence-corrected chi connectivity index (χ4v) is 5.66. The van der Waals surface area contributed by atoms with E-state index >= 15 is 0 Å². The van der Waals surface area contributed by atoms with Gasteiger partial charge in [-0.25, -0.2) is 23.1 Å². The largest absolute Gasteiger partial charge is 0.264 e.